The van der Waals surface area contributed by atoms with Crippen molar-refractivity contribution in [3.05, 3.63) is 34.7 Å². The van der Waals surface area contributed by atoms with Crippen LogP contribution < -0.4 is 5.32 Å². The first-order valence-corrected chi connectivity index (χ1v) is 9.75. The van der Waals surface area contributed by atoms with E-state index in [1.54, 1.807) is 11.3 Å². The maximum absolute atomic E-state index is 6.26. The third-order valence-electron chi connectivity index (χ3n) is 4.50. The van der Waals surface area contributed by atoms with Crippen molar-refractivity contribution in [3.8, 4) is 11.3 Å². The highest BCUT2D eigenvalue weighted by molar-refractivity contribution is 7.14. The summed E-state index contributed by atoms with van der Waals surface area (Å²) in [5, 5.41) is 7.31. The van der Waals surface area contributed by atoms with Gasteiger partial charge in [0.2, 0.25) is 0 Å². The zero-order valence-corrected chi connectivity index (χ0v) is 15.9. The number of benzene rings is 1. The van der Waals surface area contributed by atoms with Gasteiger partial charge in [0.15, 0.2) is 5.13 Å². The van der Waals surface area contributed by atoms with Crippen LogP contribution in [0.5, 0.6) is 0 Å². The van der Waals surface area contributed by atoms with E-state index in [-0.39, 0.29) is 0 Å². The molecule has 1 aromatic heterocycles. The van der Waals surface area contributed by atoms with Crippen molar-refractivity contribution in [2.75, 3.05) is 45.1 Å². The van der Waals surface area contributed by atoms with E-state index in [1.807, 2.05) is 24.3 Å². The molecule has 1 aliphatic rings. The van der Waals surface area contributed by atoms with E-state index in [2.05, 4.69) is 39.5 Å². The van der Waals surface area contributed by atoms with Gasteiger partial charge >= 0.3 is 0 Å². The Bertz CT molecular complexity index is 652. The lowest BCUT2D eigenvalue weighted by Crippen LogP contribution is -2.45. The Labute approximate surface area is 153 Å². The van der Waals surface area contributed by atoms with E-state index in [9.17, 15) is 0 Å². The highest BCUT2D eigenvalue weighted by Gasteiger charge is 2.15. The summed E-state index contributed by atoms with van der Waals surface area (Å²) in [7, 11) is 2.19. The number of rotatable bonds is 6. The van der Waals surface area contributed by atoms with Crippen molar-refractivity contribution < 1.29 is 0 Å². The number of nitrogens with zero attached hydrogens (tertiary/aromatic N) is 3. The van der Waals surface area contributed by atoms with Crippen LogP contribution in [0.1, 0.15) is 13.3 Å². The minimum Gasteiger partial charge on any atom is -0.359 e. The van der Waals surface area contributed by atoms with Crippen LogP contribution in [0.4, 0.5) is 5.13 Å². The molecule has 2 heterocycles. The normalized spacial score (nSPS) is 17.8. The molecule has 1 saturated heterocycles. The highest BCUT2D eigenvalue weighted by atomic mass is 35.5. The molecule has 0 aliphatic carbocycles. The Morgan fingerprint density at radius 3 is 2.75 bits per heavy atom. The molecule has 1 aliphatic heterocycles. The number of thiazole rings is 1. The van der Waals surface area contributed by atoms with E-state index < -0.39 is 0 Å². The van der Waals surface area contributed by atoms with Crippen LogP contribution >= 0.6 is 22.9 Å². The third kappa shape index (κ3) is 4.70. The molecule has 0 radical (unpaired) electrons. The molecule has 0 bridgehead atoms. The largest absolute Gasteiger partial charge is 0.359 e. The van der Waals surface area contributed by atoms with Crippen molar-refractivity contribution in [1.29, 1.82) is 0 Å². The zero-order chi connectivity index (χ0) is 16.9. The summed E-state index contributed by atoms with van der Waals surface area (Å²) in [6.07, 6.45) is 1.13. The van der Waals surface area contributed by atoms with Crippen molar-refractivity contribution in [3.63, 3.8) is 0 Å². The smallest absolute Gasteiger partial charge is 0.183 e. The Kier molecular flexibility index (Phi) is 6.11. The number of aromatic nitrogens is 1. The van der Waals surface area contributed by atoms with Gasteiger partial charge in [0.05, 0.1) is 5.69 Å². The van der Waals surface area contributed by atoms with Crippen LogP contribution in [0.3, 0.4) is 0 Å². The summed E-state index contributed by atoms with van der Waals surface area (Å²) >= 11 is 7.90. The van der Waals surface area contributed by atoms with Gasteiger partial charge in [-0.1, -0.05) is 29.8 Å². The summed E-state index contributed by atoms with van der Waals surface area (Å²) < 4.78 is 0. The molecule has 1 aromatic carbocycles. The van der Waals surface area contributed by atoms with Gasteiger partial charge in [-0.2, -0.15) is 0 Å². The first-order valence-electron chi connectivity index (χ1n) is 8.49. The number of halogens is 1. The lowest BCUT2D eigenvalue weighted by atomic mass is 10.2. The second kappa shape index (κ2) is 8.30. The fourth-order valence-electron chi connectivity index (χ4n) is 2.86. The number of anilines is 1. The first kappa shape index (κ1) is 17.7. The zero-order valence-electron chi connectivity index (χ0n) is 14.3. The SMILES string of the molecule is CC(CCN1CCN(C)CC1)Nc1nc(-c2ccccc2Cl)cs1. The van der Waals surface area contributed by atoms with Crippen molar-refractivity contribution in [2.24, 2.45) is 0 Å². The molecule has 4 nitrogen and oxygen atoms in total. The van der Waals surface area contributed by atoms with Gasteiger partial charge in [-0.15, -0.1) is 11.3 Å². The summed E-state index contributed by atoms with van der Waals surface area (Å²) in [6.45, 7) is 8.08. The van der Waals surface area contributed by atoms with Crippen molar-refractivity contribution in [1.82, 2.24) is 14.8 Å². The summed E-state index contributed by atoms with van der Waals surface area (Å²) in [5.74, 6) is 0. The molecule has 0 saturated carbocycles. The lowest BCUT2D eigenvalue weighted by molar-refractivity contribution is 0.151. The molecule has 2 aromatic rings. The Morgan fingerprint density at radius 1 is 1.25 bits per heavy atom. The average molecular weight is 365 g/mol. The molecular weight excluding hydrogens is 340 g/mol. The van der Waals surface area contributed by atoms with E-state index in [4.69, 9.17) is 11.6 Å². The molecule has 24 heavy (non-hydrogen) atoms. The van der Waals surface area contributed by atoms with Gasteiger partial charge in [-0.3, -0.25) is 0 Å². The van der Waals surface area contributed by atoms with Gasteiger partial charge in [-0.25, -0.2) is 4.98 Å². The lowest BCUT2D eigenvalue weighted by Gasteiger charge is -2.32. The second-order valence-electron chi connectivity index (χ2n) is 6.50. The number of likely N-dealkylation sites (N-methyl/N-ethyl adjacent to an activating group) is 1. The topological polar surface area (TPSA) is 31.4 Å². The van der Waals surface area contributed by atoms with Crippen molar-refractivity contribution in [2.45, 2.75) is 19.4 Å². The van der Waals surface area contributed by atoms with E-state index >= 15 is 0 Å². The van der Waals surface area contributed by atoms with Gasteiger partial charge in [0.25, 0.3) is 0 Å². The van der Waals surface area contributed by atoms with Crippen LogP contribution in [0.25, 0.3) is 11.3 Å². The molecule has 3 rings (SSSR count). The van der Waals surface area contributed by atoms with E-state index in [1.165, 1.54) is 26.2 Å². The number of hydrogen-bond donors (Lipinski definition) is 1. The molecule has 1 N–H and O–H groups in total. The highest BCUT2D eigenvalue weighted by Crippen LogP contribution is 2.30. The Balaban J connectivity index is 1.50. The molecule has 6 heteroatoms. The van der Waals surface area contributed by atoms with Crippen LogP contribution in [-0.4, -0.2) is 60.6 Å². The van der Waals surface area contributed by atoms with Gasteiger partial charge in [0, 0.05) is 54.7 Å². The second-order valence-corrected chi connectivity index (χ2v) is 7.76. The fraction of sp³-hybridized carbons (Fsp3) is 0.500. The molecule has 0 spiro atoms. The van der Waals surface area contributed by atoms with Crippen LogP contribution in [0.15, 0.2) is 29.6 Å². The number of piperazine rings is 1. The molecule has 1 unspecified atom stereocenters. The summed E-state index contributed by atoms with van der Waals surface area (Å²) in [5.41, 5.74) is 1.94. The predicted octanol–water partition coefficient (Wildman–Crippen LogP) is 3.90. The minimum absolute atomic E-state index is 0.412. The van der Waals surface area contributed by atoms with Gasteiger partial charge in [0.1, 0.15) is 0 Å². The third-order valence-corrected chi connectivity index (χ3v) is 5.60. The van der Waals surface area contributed by atoms with Crippen molar-refractivity contribution >= 4 is 28.1 Å². The maximum Gasteiger partial charge on any atom is 0.183 e. The molecule has 1 atom stereocenters. The van der Waals surface area contributed by atoms with Gasteiger partial charge in [-0.05, 0) is 26.5 Å². The standard InChI is InChI=1S/C18H25ClN4S/c1-14(7-8-23-11-9-22(2)10-12-23)20-18-21-17(13-24-18)15-5-3-4-6-16(15)19/h3-6,13-14H,7-12H2,1-2H3,(H,20,21). The average Bonchev–Trinajstić information content (AvgIpc) is 3.03. The maximum atomic E-state index is 6.26. The first-order chi connectivity index (χ1) is 11.6. The number of hydrogen-bond acceptors (Lipinski definition) is 5. The van der Waals surface area contributed by atoms with Crippen LogP contribution in [0.2, 0.25) is 5.02 Å². The van der Waals surface area contributed by atoms with Crippen LogP contribution in [0, 0.1) is 0 Å². The minimum atomic E-state index is 0.412. The molecule has 1 fully saturated rings. The summed E-state index contributed by atoms with van der Waals surface area (Å²) in [6, 6.07) is 8.26. The predicted molar refractivity (Wildman–Crippen MR) is 104 cm³/mol. The molecular formula is C18H25ClN4S. The monoisotopic (exact) mass is 364 g/mol. The van der Waals surface area contributed by atoms with E-state index in [0.717, 1.165) is 34.4 Å². The Morgan fingerprint density at radius 2 is 2.00 bits per heavy atom. The van der Waals surface area contributed by atoms with Gasteiger partial charge < -0.3 is 15.1 Å². The summed E-state index contributed by atoms with van der Waals surface area (Å²) in [4.78, 5) is 9.63. The molecule has 130 valence electrons. The molecule has 0 amide bonds. The van der Waals surface area contributed by atoms with Crippen LogP contribution in [-0.2, 0) is 0 Å². The number of nitrogens with one attached hydrogen (secondary N) is 1. The van der Waals surface area contributed by atoms with E-state index in [0.29, 0.717) is 6.04 Å². The fourth-order valence-corrected chi connectivity index (χ4v) is 3.92. The Hall–Kier alpha value is -1.14. The quantitative estimate of drug-likeness (QED) is 0.842.